The molecule has 1 nitrogen and oxygen atoms in total. The van der Waals surface area contributed by atoms with E-state index in [0.29, 0.717) is 12.1 Å². The molecule has 1 aliphatic carbocycles. The molecule has 1 aliphatic rings. The Morgan fingerprint density at radius 2 is 1.84 bits per heavy atom. The zero-order valence-corrected chi connectivity index (χ0v) is 13.2. The van der Waals surface area contributed by atoms with Crippen LogP contribution in [0.25, 0.3) is 0 Å². The van der Waals surface area contributed by atoms with E-state index in [1.165, 1.54) is 36.0 Å². The third-order valence-corrected chi connectivity index (χ3v) is 4.98. The van der Waals surface area contributed by atoms with E-state index in [4.69, 9.17) is 0 Å². The van der Waals surface area contributed by atoms with Crippen LogP contribution < -0.4 is 5.32 Å². The molecular formula is C18H29N. The van der Waals surface area contributed by atoms with Crippen LogP contribution in [-0.4, -0.2) is 6.04 Å². The molecule has 1 heteroatoms. The Morgan fingerprint density at radius 3 is 2.47 bits per heavy atom. The predicted molar refractivity (Wildman–Crippen MR) is 83.4 cm³/mol. The van der Waals surface area contributed by atoms with E-state index >= 15 is 0 Å². The molecule has 4 unspecified atom stereocenters. The molecule has 0 amide bonds. The van der Waals surface area contributed by atoms with Gasteiger partial charge in [0, 0.05) is 12.1 Å². The number of hydrogen-bond donors (Lipinski definition) is 1. The van der Waals surface area contributed by atoms with Crippen molar-refractivity contribution < 1.29 is 0 Å². The van der Waals surface area contributed by atoms with Gasteiger partial charge in [-0.15, -0.1) is 0 Å². The molecule has 19 heavy (non-hydrogen) atoms. The lowest BCUT2D eigenvalue weighted by Gasteiger charge is -2.34. The Labute approximate surface area is 118 Å². The number of aryl methyl sites for hydroxylation is 2. The molecule has 0 saturated heterocycles. The van der Waals surface area contributed by atoms with Crippen molar-refractivity contribution in [1.29, 1.82) is 0 Å². The molecule has 0 aromatic heterocycles. The Kier molecular flexibility index (Phi) is 4.67. The highest BCUT2D eigenvalue weighted by Crippen LogP contribution is 2.31. The number of benzene rings is 1. The fraction of sp³-hybridized carbons (Fsp3) is 0.667. The molecule has 1 saturated carbocycles. The zero-order chi connectivity index (χ0) is 14.0. The predicted octanol–water partition coefficient (Wildman–Crippen LogP) is 4.78. The van der Waals surface area contributed by atoms with E-state index in [-0.39, 0.29) is 0 Å². The number of rotatable bonds is 3. The van der Waals surface area contributed by atoms with Crippen molar-refractivity contribution >= 4 is 0 Å². The average molecular weight is 259 g/mol. The second-order valence-corrected chi connectivity index (χ2v) is 6.71. The van der Waals surface area contributed by atoms with Gasteiger partial charge in [-0.3, -0.25) is 0 Å². The fourth-order valence-electron chi connectivity index (χ4n) is 3.45. The highest BCUT2D eigenvalue weighted by atomic mass is 14.9. The molecule has 0 heterocycles. The summed E-state index contributed by atoms with van der Waals surface area (Å²) < 4.78 is 0. The lowest BCUT2D eigenvalue weighted by Crippen LogP contribution is -2.37. The summed E-state index contributed by atoms with van der Waals surface area (Å²) in [6, 6.07) is 7.97. The molecular weight excluding hydrogens is 230 g/mol. The van der Waals surface area contributed by atoms with Gasteiger partial charge >= 0.3 is 0 Å². The van der Waals surface area contributed by atoms with Gasteiger partial charge in [0.1, 0.15) is 0 Å². The molecule has 1 aromatic rings. The normalized spacial score (nSPS) is 29.2. The van der Waals surface area contributed by atoms with E-state index in [1.54, 1.807) is 0 Å². The summed E-state index contributed by atoms with van der Waals surface area (Å²) in [5.41, 5.74) is 4.22. The van der Waals surface area contributed by atoms with Gasteiger partial charge in [0.25, 0.3) is 0 Å². The quantitative estimate of drug-likeness (QED) is 0.824. The summed E-state index contributed by atoms with van der Waals surface area (Å²) in [5.74, 6) is 1.76. The van der Waals surface area contributed by atoms with Gasteiger partial charge in [0.05, 0.1) is 0 Å². The molecule has 0 radical (unpaired) electrons. The maximum absolute atomic E-state index is 3.85. The average Bonchev–Trinajstić information content (AvgIpc) is 2.33. The SMILES string of the molecule is Cc1ccc(C(C)NC2CCC(C)C(C)C2)c(C)c1. The molecule has 1 N–H and O–H groups in total. The van der Waals surface area contributed by atoms with Crippen molar-refractivity contribution in [2.45, 2.75) is 66.0 Å². The first kappa shape index (κ1) is 14.6. The summed E-state index contributed by atoms with van der Waals surface area (Å²) in [6.45, 7) is 11.5. The van der Waals surface area contributed by atoms with Gasteiger partial charge in [0.15, 0.2) is 0 Å². The van der Waals surface area contributed by atoms with Crippen LogP contribution in [0.2, 0.25) is 0 Å². The lowest BCUT2D eigenvalue weighted by molar-refractivity contribution is 0.217. The molecule has 0 aliphatic heterocycles. The van der Waals surface area contributed by atoms with Crippen LogP contribution in [0.4, 0.5) is 0 Å². The molecule has 1 fully saturated rings. The van der Waals surface area contributed by atoms with Crippen LogP contribution in [0.15, 0.2) is 18.2 Å². The Balaban J connectivity index is 1.99. The van der Waals surface area contributed by atoms with Crippen molar-refractivity contribution in [3.05, 3.63) is 34.9 Å². The summed E-state index contributed by atoms with van der Waals surface area (Å²) in [6.07, 6.45) is 4.04. The second-order valence-electron chi connectivity index (χ2n) is 6.71. The third kappa shape index (κ3) is 3.60. The van der Waals surface area contributed by atoms with Gasteiger partial charge in [0.2, 0.25) is 0 Å². The van der Waals surface area contributed by atoms with E-state index in [9.17, 15) is 0 Å². The molecule has 1 aromatic carbocycles. The van der Waals surface area contributed by atoms with Gasteiger partial charge < -0.3 is 5.32 Å². The molecule has 0 spiro atoms. The zero-order valence-electron chi connectivity index (χ0n) is 13.2. The number of nitrogens with one attached hydrogen (secondary N) is 1. The minimum atomic E-state index is 0.464. The van der Waals surface area contributed by atoms with Crippen LogP contribution in [0.5, 0.6) is 0 Å². The van der Waals surface area contributed by atoms with Crippen molar-refractivity contribution in [3.63, 3.8) is 0 Å². The second kappa shape index (κ2) is 6.09. The van der Waals surface area contributed by atoms with Crippen molar-refractivity contribution in [1.82, 2.24) is 5.32 Å². The first-order valence-corrected chi connectivity index (χ1v) is 7.80. The first-order chi connectivity index (χ1) is 8.97. The summed E-state index contributed by atoms with van der Waals surface area (Å²) in [7, 11) is 0. The molecule has 0 bridgehead atoms. The molecule has 4 atom stereocenters. The topological polar surface area (TPSA) is 12.0 Å². The monoisotopic (exact) mass is 259 g/mol. The molecule has 2 rings (SSSR count). The van der Waals surface area contributed by atoms with E-state index in [0.717, 1.165) is 11.8 Å². The standard InChI is InChI=1S/C18H29N/c1-12-6-9-18(15(4)10-12)16(5)19-17-8-7-13(2)14(3)11-17/h6,9-10,13-14,16-17,19H,7-8,11H2,1-5H3. The van der Waals surface area contributed by atoms with Crippen molar-refractivity contribution in [2.75, 3.05) is 0 Å². The Bertz CT molecular complexity index is 424. The van der Waals surface area contributed by atoms with Gasteiger partial charge in [-0.2, -0.15) is 0 Å². The van der Waals surface area contributed by atoms with E-state index in [1.807, 2.05) is 0 Å². The highest BCUT2D eigenvalue weighted by Gasteiger charge is 2.25. The van der Waals surface area contributed by atoms with Gasteiger partial charge in [-0.05, 0) is 63.0 Å². The van der Waals surface area contributed by atoms with Crippen LogP contribution in [0, 0.1) is 25.7 Å². The van der Waals surface area contributed by atoms with Crippen LogP contribution in [0.1, 0.15) is 62.8 Å². The fourth-order valence-corrected chi connectivity index (χ4v) is 3.45. The molecule has 106 valence electrons. The van der Waals surface area contributed by atoms with Crippen LogP contribution in [0.3, 0.4) is 0 Å². The summed E-state index contributed by atoms with van der Waals surface area (Å²) in [5, 5.41) is 3.85. The van der Waals surface area contributed by atoms with Crippen molar-refractivity contribution in [3.8, 4) is 0 Å². The van der Waals surface area contributed by atoms with Crippen LogP contribution >= 0.6 is 0 Å². The maximum atomic E-state index is 3.85. The Hall–Kier alpha value is -0.820. The van der Waals surface area contributed by atoms with E-state index < -0.39 is 0 Å². The van der Waals surface area contributed by atoms with Crippen LogP contribution in [-0.2, 0) is 0 Å². The van der Waals surface area contributed by atoms with E-state index in [2.05, 4.69) is 58.1 Å². The highest BCUT2D eigenvalue weighted by molar-refractivity contribution is 5.32. The summed E-state index contributed by atoms with van der Waals surface area (Å²) in [4.78, 5) is 0. The minimum Gasteiger partial charge on any atom is -0.307 e. The minimum absolute atomic E-state index is 0.464. The first-order valence-electron chi connectivity index (χ1n) is 7.80. The summed E-state index contributed by atoms with van der Waals surface area (Å²) >= 11 is 0. The number of hydrogen-bond acceptors (Lipinski definition) is 1. The smallest absolute Gasteiger partial charge is 0.0296 e. The Morgan fingerprint density at radius 1 is 1.11 bits per heavy atom. The largest absolute Gasteiger partial charge is 0.307 e. The lowest BCUT2D eigenvalue weighted by atomic mass is 9.79. The van der Waals surface area contributed by atoms with Gasteiger partial charge in [-0.1, -0.05) is 37.6 Å². The van der Waals surface area contributed by atoms with Gasteiger partial charge in [-0.25, -0.2) is 0 Å². The maximum Gasteiger partial charge on any atom is 0.0296 e. The van der Waals surface area contributed by atoms with Crippen molar-refractivity contribution in [2.24, 2.45) is 11.8 Å². The third-order valence-electron chi connectivity index (χ3n) is 4.98.